The number of carbonyl (C=O) groups is 1. The molecule has 0 bridgehead atoms. The van der Waals surface area contributed by atoms with Gasteiger partial charge in [0.25, 0.3) is 0 Å². The number of nitrogens with one attached hydrogen (secondary N) is 1. The van der Waals surface area contributed by atoms with Gasteiger partial charge >= 0.3 is 5.97 Å². The highest BCUT2D eigenvalue weighted by Crippen LogP contribution is 2.24. The number of sulfonamides is 1. The Labute approximate surface area is 131 Å². The molecule has 10 heteroatoms. The van der Waals surface area contributed by atoms with E-state index >= 15 is 0 Å². The molecule has 0 amide bonds. The Balaban J connectivity index is 2.37. The van der Waals surface area contributed by atoms with Crippen LogP contribution in [0.5, 0.6) is 0 Å². The normalized spacial score (nSPS) is 11.5. The molecule has 21 heavy (non-hydrogen) atoms. The molecule has 1 heterocycles. The fourth-order valence-electron chi connectivity index (χ4n) is 1.49. The van der Waals surface area contributed by atoms with Crippen molar-refractivity contribution in [2.75, 3.05) is 0 Å². The molecule has 0 fully saturated rings. The topological polar surface area (TPSA) is 96.4 Å². The number of hydrogen-bond acceptors (Lipinski definition) is 5. The lowest BCUT2D eigenvalue weighted by atomic mass is 10.2. The number of hydrogen-bond donors (Lipinski definition) is 2. The number of benzene rings is 1. The molecule has 0 atom stereocenters. The summed E-state index contributed by atoms with van der Waals surface area (Å²) in [5.41, 5.74) is 1.29. The molecule has 2 N–H and O–H groups in total. The summed E-state index contributed by atoms with van der Waals surface area (Å²) in [5.74, 6) is -2.86. The SMILES string of the molecule is O=C(O)c1cc(Br)cc(S(=O)(=O)NCc2cscn2)c1F. The standard InChI is InChI=1S/C11H8BrFN2O4S2/c12-6-1-8(11(16)17)10(13)9(2-6)21(18,19)15-3-7-4-20-5-14-7/h1-2,4-5,15H,3H2,(H,16,17). The largest absolute Gasteiger partial charge is 0.478 e. The molecule has 0 saturated heterocycles. The maximum atomic E-state index is 14.0. The molecular formula is C11H8BrFN2O4S2. The van der Waals surface area contributed by atoms with E-state index in [0.29, 0.717) is 5.69 Å². The molecule has 0 saturated carbocycles. The summed E-state index contributed by atoms with van der Waals surface area (Å²) < 4.78 is 40.5. The predicted octanol–water partition coefficient (Wildman–Crippen LogP) is 2.22. The Morgan fingerprint density at radius 1 is 1.48 bits per heavy atom. The van der Waals surface area contributed by atoms with Gasteiger partial charge in [-0.3, -0.25) is 0 Å². The molecule has 0 radical (unpaired) electrons. The third-order valence-corrected chi connectivity index (χ3v) is 4.94. The van der Waals surface area contributed by atoms with E-state index in [9.17, 15) is 17.6 Å². The van der Waals surface area contributed by atoms with Crippen LogP contribution in [0.15, 0.2) is 32.4 Å². The second-order valence-electron chi connectivity index (χ2n) is 3.87. The van der Waals surface area contributed by atoms with Gasteiger partial charge in [0.1, 0.15) is 4.90 Å². The van der Waals surface area contributed by atoms with Crippen LogP contribution >= 0.6 is 27.3 Å². The van der Waals surface area contributed by atoms with E-state index in [0.717, 1.165) is 12.1 Å². The first kappa shape index (κ1) is 16.0. The summed E-state index contributed by atoms with van der Waals surface area (Å²) in [6.45, 7) is -0.111. The molecular weight excluding hydrogens is 387 g/mol. The Kier molecular flexibility index (Phi) is 4.71. The van der Waals surface area contributed by atoms with Crippen LogP contribution in [-0.2, 0) is 16.6 Å². The van der Waals surface area contributed by atoms with Crippen molar-refractivity contribution in [1.29, 1.82) is 0 Å². The van der Waals surface area contributed by atoms with Crippen molar-refractivity contribution < 1.29 is 22.7 Å². The van der Waals surface area contributed by atoms with Crippen LogP contribution in [0.3, 0.4) is 0 Å². The molecule has 0 aliphatic heterocycles. The van der Waals surface area contributed by atoms with Crippen LogP contribution in [0, 0.1) is 5.82 Å². The Bertz CT molecular complexity index is 778. The number of aromatic nitrogens is 1. The van der Waals surface area contributed by atoms with Crippen molar-refractivity contribution in [2.45, 2.75) is 11.4 Å². The number of aromatic carboxylic acids is 1. The lowest BCUT2D eigenvalue weighted by Gasteiger charge is -2.09. The summed E-state index contributed by atoms with van der Waals surface area (Å²) in [4.78, 5) is 14.1. The summed E-state index contributed by atoms with van der Waals surface area (Å²) in [6, 6.07) is 2.00. The van der Waals surface area contributed by atoms with E-state index in [1.165, 1.54) is 16.8 Å². The van der Waals surface area contributed by atoms with Gasteiger partial charge < -0.3 is 5.11 Å². The first-order valence-corrected chi connectivity index (χ1v) is 8.62. The van der Waals surface area contributed by atoms with Crippen LogP contribution in [0.4, 0.5) is 4.39 Å². The van der Waals surface area contributed by atoms with Crippen molar-refractivity contribution in [2.24, 2.45) is 0 Å². The smallest absolute Gasteiger partial charge is 0.338 e. The quantitative estimate of drug-likeness (QED) is 0.810. The first-order valence-electron chi connectivity index (χ1n) is 5.40. The Hall–Kier alpha value is -1.36. The van der Waals surface area contributed by atoms with Gasteiger partial charge in [0.15, 0.2) is 5.82 Å². The van der Waals surface area contributed by atoms with E-state index in [2.05, 4.69) is 25.6 Å². The van der Waals surface area contributed by atoms with Crippen molar-refractivity contribution in [1.82, 2.24) is 9.71 Å². The number of carboxylic acids is 1. The zero-order chi connectivity index (χ0) is 15.6. The maximum Gasteiger partial charge on any atom is 0.338 e. The summed E-state index contributed by atoms with van der Waals surface area (Å²) >= 11 is 4.26. The van der Waals surface area contributed by atoms with Crippen molar-refractivity contribution >= 4 is 43.3 Å². The van der Waals surface area contributed by atoms with Gasteiger partial charge in [0.05, 0.1) is 23.3 Å². The average Bonchev–Trinajstić information content (AvgIpc) is 2.91. The number of nitrogens with zero attached hydrogens (tertiary/aromatic N) is 1. The third-order valence-electron chi connectivity index (χ3n) is 2.45. The minimum absolute atomic E-state index is 0.111. The minimum atomic E-state index is -4.20. The van der Waals surface area contributed by atoms with Crippen LogP contribution in [0.1, 0.15) is 16.1 Å². The number of thiazole rings is 1. The zero-order valence-electron chi connectivity index (χ0n) is 10.2. The lowest BCUT2D eigenvalue weighted by molar-refractivity contribution is 0.0691. The highest BCUT2D eigenvalue weighted by Gasteiger charge is 2.25. The monoisotopic (exact) mass is 394 g/mol. The van der Waals surface area contributed by atoms with E-state index in [1.54, 1.807) is 5.38 Å². The first-order chi connectivity index (χ1) is 9.81. The third kappa shape index (κ3) is 3.64. The van der Waals surface area contributed by atoms with Crippen LogP contribution in [0.2, 0.25) is 0 Å². The van der Waals surface area contributed by atoms with E-state index in [4.69, 9.17) is 5.11 Å². The van der Waals surface area contributed by atoms with Crippen molar-refractivity contribution in [3.05, 3.63) is 44.6 Å². The van der Waals surface area contributed by atoms with Gasteiger partial charge in [-0.25, -0.2) is 27.3 Å². The van der Waals surface area contributed by atoms with Crippen molar-refractivity contribution in [3.8, 4) is 0 Å². The molecule has 0 aliphatic rings. The summed E-state index contributed by atoms with van der Waals surface area (Å²) in [7, 11) is -4.20. The number of halogens is 2. The van der Waals surface area contributed by atoms with E-state index < -0.39 is 32.3 Å². The van der Waals surface area contributed by atoms with Gasteiger partial charge in [-0.15, -0.1) is 11.3 Å². The molecule has 0 unspecified atom stereocenters. The van der Waals surface area contributed by atoms with E-state index in [-0.39, 0.29) is 11.0 Å². The van der Waals surface area contributed by atoms with Gasteiger partial charge in [-0.05, 0) is 12.1 Å². The molecule has 1 aromatic heterocycles. The second kappa shape index (κ2) is 6.18. The second-order valence-corrected chi connectivity index (χ2v) is 7.24. The highest BCUT2D eigenvalue weighted by molar-refractivity contribution is 9.10. The van der Waals surface area contributed by atoms with Crippen LogP contribution < -0.4 is 4.72 Å². The molecule has 1 aromatic carbocycles. The average molecular weight is 395 g/mol. The zero-order valence-corrected chi connectivity index (χ0v) is 13.4. The van der Waals surface area contributed by atoms with Gasteiger partial charge in [0, 0.05) is 9.85 Å². The van der Waals surface area contributed by atoms with Gasteiger partial charge in [0.2, 0.25) is 10.0 Å². The molecule has 6 nitrogen and oxygen atoms in total. The number of carboxylic acid groups (broad SMARTS) is 1. The summed E-state index contributed by atoms with van der Waals surface area (Å²) in [5, 5.41) is 10.5. The Morgan fingerprint density at radius 3 is 2.76 bits per heavy atom. The van der Waals surface area contributed by atoms with E-state index in [1.807, 2.05) is 0 Å². The molecule has 2 aromatic rings. The number of rotatable bonds is 5. The van der Waals surface area contributed by atoms with Crippen LogP contribution in [0.25, 0.3) is 0 Å². The molecule has 0 spiro atoms. The van der Waals surface area contributed by atoms with Crippen LogP contribution in [-0.4, -0.2) is 24.5 Å². The molecule has 2 rings (SSSR count). The highest BCUT2D eigenvalue weighted by atomic mass is 79.9. The molecule has 0 aliphatic carbocycles. The van der Waals surface area contributed by atoms with Gasteiger partial charge in [-0.2, -0.15) is 0 Å². The van der Waals surface area contributed by atoms with Gasteiger partial charge in [-0.1, -0.05) is 15.9 Å². The summed E-state index contributed by atoms with van der Waals surface area (Å²) in [6.07, 6.45) is 0. The predicted molar refractivity (Wildman–Crippen MR) is 77.2 cm³/mol. The Morgan fingerprint density at radius 2 is 2.19 bits per heavy atom. The van der Waals surface area contributed by atoms with Crippen molar-refractivity contribution in [3.63, 3.8) is 0 Å². The fourth-order valence-corrected chi connectivity index (χ4v) is 3.78. The lowest BCUT2D eigenvalue weighted by Crippen LogP contribution is -2.25. The minimum Gasteiger partial charge on any atom is -0.478 e. The maximum absolute atomic E-state index is 14.0. The fraction of sp³-hybridized carbons (Fsp3) is 0.0909. The molecule has 112 valence electrons.